The first-order valence-electron chi connectivity index (χ1n) is 4.05. The molecule has 0 aliphatic rings. The minimum Gasteiger partial charge on any atom is -0.259 e. The van der Waals surface area contributed by atoms with Gasteiger partial charge < -0.3 is 0 Å². The summed E-state index contributed by atoms with van der Waals surface area (Å²) < 4.78 is 0. The predicted octanol–water partition coefficient (Wildman–Crippen LogP) is 3.08. The summed E-state index contributed by atoms with van der Waals surface area (Å²) in [6.07, 6.45) is 2.10. The van der Waals surface area contributed by atoms with Crippen LogP contribution in [0.25, 0.3) is 6.08 Å². The van der Waals surface area contributed by atoms with Crippen LogP contribution < -0.4 is 0 Å². The summed E-state index contributed by atoms with van der Waals surface area (Å²) >= 11 is 1.57. The van der Waals surface area contributed by atoms with Gasteiger partial charge in [0.15, 0.2) is 0 Å². The maximum atomic E-state index is 10.5. The van der Waals surface area contributed by atoms with Crippen molar-refractivity contribution in [3.05, 3.63) is 37.7 Å². The minimum absolute atomic E-state index is 0.266. The van der Waals surface area contributed by atoms with Gasteiger partial charge >= 0.3 is 0 Å². The Bertz CT molecular complexity index is 341. The second kappa shape index (κ2) is 4.18. The monoisotopic (exact) mass is 197 g/mol. The molecular formula is C9H11NO2S. The van der Waals surface area contributed by atoms with E-state index >= 15 is 0 Å². The molecule has 0 unspecified atom stereocenters. The lowest BCUT2D eigenvalue weighted by molar-refractivity contribution is -0.425. The number of rotatable bonds is 3. The van der Waals surface area contributed by atoms with E-state index in [1.165, 1.54) is 4.88 Å². The molecule has 0 bridgehead atoms. The van der Waals surface area contributed by atoms with Gasteiger partial charge in [-0.15, -0.1) is 11.3 Å². The zero-order chi connectivity index (χ0) is 9.84. The summed E-state index contributed by atoms with van der Waals surface area (Å²) in [6, 6.07) is 3.86. The van der Waals surface area contributed by atoms with Crippen molar-refractivity contribution < 1.29 is 4.92 Å². The second-order valence-corrected chi connectivity index (χ2v) is 4.01. The molecule has 1 aromatic rings. The summed E-state index contributed by atoms with van der Waals surface area (Å²) in [5.41, 5.74) is 0.266. The molecule has 0 spiro atoms. The van der Waals surface area contributed by atoms with Crippen molar-refractivity contribution in [1.82, 2.24) is 0 Å². The van der Waals surface area contributed by atoms with Crippen molar-refractivity contribution >= 4 is 17.4 Å². The zero-order valence-corrected chi connectivity index (χ0v) is 8.43. The van der Waals surface area contributed by atoms with Crippen molar-refractivity contribution in [2.75, 3.05) is 0 Å². The number of hydrogen-bond acceptors (Lipinski definition) is 3. The number of aryl methyl sites for hydroxylation is 1. The van der Waals surface area contributed by atoms with Gasteiger partial charge in [0.25, 0.3) is 0 Å². The average Bonchev–Trinajstić information content (AvgIpc) is 2.46. The normalized spacial score (nSPS) is 11.7. The van der Waals surface area contributed by atoms with E-state index in [2.05, 4.69) is 0 Å². The minimum atomic E-state index is -0.324. The van der Waals surface area contributed by atoms with Crippen LogP contribution in [0.15, 0.2) is 17.8 Å². The van der Waals surface area contributed by atoms with E-state index < -0.39 is 0 Å². The number of thiophene rings is 1. The Morgan fingerprint density at radius 2 is 2.38 bits per heavy atom. The van der Waals surface area contributed by atoms with Crippen molar-refractivity contribution in [2.24, 2.45) is 0 Å². The topological polar surface area (TPSA) is 43.1 Å². The van der Waals surface area contributed by atoms with Crippen LogP contribution in [0.4, 0.5) is 0 Å². The van der Waals surface area contributed by atoms with E-state index in [1.807, 2.05) is 19.1 Å². The SMILES string of the molecule is CCC(=Cc1ccc(C)s1)[N+](=O)[O-]. The number of nitrogens with zero attached hydrogens (tertiary/aromatic N) is 1. The smallest absolute Gasteiger partial charge is 0.247 e. The van der Waals surface area contributed by atoms with E-state index in [1.54, 1.807) is 24.3 Å². The van der Waals surface area contributed by atoms with E-state index in [-0.39, 0.29) is 10.6 Å². The molecule has 0 amide bonds. The molecule has 1 heterocycles. The average molecular weight is 197 g/mol. The molecule has 13 heavy (non-hydrogen) atoms. The van der Waals surface area contributed by atoms with Gasteiger partial charge in [0.2, 0.25) is 5.70 Å². The molecule has 0 radical (unpaired) electrons. The number of nitro groups is 1. The maximum absolute atomic E-state index is 10.5. The maximum Gasteiger partial charge on any atom is 0.247 e. The van der Waals surface area contributed by atoms with Gasteiger partial charge in [-0.05, 0) is 19.1 Å². The van der Waals surface area contributed by atoms with Crippen LogP contribution in [0.2, 0.25) is 0 Å². The molecular weight excluding hydrogens is 186 g/mol. The molecule has 0 aliphatic carbocycles. The van der Waals surface area contributed by atoms with Gasteiger partial charge in [0, 0.05) is 22.3 Å². The van der Waals surface area contributed by atoms with Gasteiger partial charge in [-0.25, -0.2) is 0 Å². The molecule has 0 saturated carbocycles. The predicted molar refractivity (Wildman–Crippen MR) is 54.3 cm³/mol. The highest BCUT2D eigenvalue weighted by atomic mass is 32.1. The third kappa shape index (κ3) is 2.66. The highest BCUT2D eigenvalue weighted by Gasteiger charge is 2.07. The van der Waals surface area contributed by atoms with Crippen molar-refractivity contribution in [2.45, 2.75) is 20.3 Å². The van der Waals surface area contributed by atoms with Gasteiger partial charge in [-0.1, -0.05) is 6.92 Å². The van der Waals surface area contributed by atoms with Gasteiger partial charge in [-0.3, -0.25) is 10.1 Å². The van der Waals surface area contributed by atoms with Crippen LogP contribution in [0.1, 0.15) is 23.1 Å². The molecule has 1 aromatic heterocycles. The van der Waals surface area contributed by atoms with Gasteiger partial charge in [0.1, 0.15) is 0 Å². The number of allylic oxidation sites excluding steroid dienone is 1. The molecule has 0 saturated heterocycles. The largest absolute Gasteiger partial charge is 0.259 e. The van der Waals surface area contributed by atoms with Crippen LogP contribution in [-0.2, 0) is 0 Å². The fraction of sp³-hybridized carbons (Fsp3) is 0.333. The van der Waals surface area contributed by atoms with E-state index in [0.29, 0.717) is 6.42 Å². The van der Waals surface area contributed by atoms with Crippen LogP contribution in [0, 0.1) is 17.0 Å². The van der Waals surface area contributed by atoms with E-state index in [9.17, 15) is 10.1 Å². The van der Waals surface area contributed by atoms with Crippen LogP contribution in [0.3, 0.4) is 0 Å². The van der Waals surface area contributed by atoms with E-state index in [0.717, 1.165) is 4.88 Å². The lowest BCUT2D eigenvalue weighted by Crippen LogP contribution is -1.95. The van der Waals surface area contributed by atoms with Crippen LogP contribution >= 0.6 is 11.3 Å². The highest BCUT2D eigenvalue weighted by Crippen LogP contribution is 2.19. The fourth-order valence-electron chi connectivity index (χ4n) is 0.979. The summed E-state index contributed by atoms with van der Waals surface area (Å²) in [5.74, 6) is 0. The Kier molecular flexibility index (Phi) is 3.19. The lowest BCUT2D eigenvalue weighted by atomic mass is 10.3. The van der Waals surface area contributed by atoms with Crippen LogP contribution in [0.5, 0.6) is 0 Å². The number of hydrogen-bond donors (Lipinski definition) is 0. The Morgan fingerprint density at radius 3 is 2.77 bits per heavy atom. The molecule has 3 nitrogen and oxygen atoms in total. The fourth-order valence-corrected chi connectivity index (χ4v) is 1.82. The standard InChI is InChI=1S/C9H11NO2S/c1-3-8(10(11)12)6-9-5-4-7(2)13-9/h4-6H,3H2,1-2H3. The highest BCUT2D eigenvalue weighted by molar-refractivity contribution is 7.12. The summed E-state index contributed by atoms with van der Waals surface area (Å²) in [5, 5.41) is 10.5. The van der Waals surface area contributed by atoms with Gasteiger partial charge in [-0.2, -0.15) is 0 Å². The lowest BCUT2D eigenvalue weighted by Gasteiger charge is -1.91. The molecule has 0 atom stereocenters. The van der Waals surface area contributed by atoms with Gasteiger partial charge in [0.05, 0.1) is 4.92 Å². The molecule has 0 fully saturated rings. The molecule has 0 aliphatic heterocycles. The Morgan fingerprint density at radius 1 is 1.69 bits per heavy atom. The first-order valence-corrected chi connectivity index (χ1v) is 4.86. The van der Waals surface area contributed by atoms with Crippen molar-refractivity contribution in [3.63, 3.8) is 0 Å². The van der Waals surface area contributed by atoms with E-state index in [4.69, 9.17) is 0 Å². The van der Waals surface area contributed by atoms with Crippen molar-refractivity contribution in [3.8, 4) is 0 Å². The first-order chi connectivity index (χ1) is 6.13. The quantitative estimate of drug-likeness (QED) is 0.552. The third-order valence-corrected chi connectivity index (χ3v) is 2.61. The summed E-state index contributed by atoms with van der Waals surface area (Å²) in [7, 11) is 0. The molecule has 70 valence electrons. The summed E-state index contributed by atoms with van der Waals surface area (Å²) in [6.45, 7) is 3.77. The zero-order valence-electron chi connectivity index (χ0n) is 7.61. The second-order valence-electron chi connectivity index (χ2n) is 2.69. The first kappa shape index (κ1) is 9.92. The molecule has 0 N–H and O–H groups in total. The van der Waals surface area contributed by atoms with Crippen molar-refractivity contribution in [1.29, 1.82) is 0 Å². The Labute approximate surface area is 80.9 Å². The third-order valence-electron chi connectivity index (χ3n) is 1.67. The molecule has 4 heteroatoms. The molecule has 1 rings (SSSR count). The summed E-state index contributed by atoms with van der Waals surface area (Å²) in [4.78, 5) is 12.3. The Hall–Kier alpha value is -1.16. The van der Waals surface area contributed by atoms with Crippen LogP contribution in [-0.4, -0.2) is 4.92 Å². The molecule has 0 aromatic carbocycles. The Balaban J connectivity index is 2.91.